The van der Waals surface area contributed by atoms with Crippen molar-refractivity contribution in [1.82, 2.24) is 5.32 Å². The maximum Gasteiger partial charge on any atom is 0.227 e. The average molecular weight is 219 g/mol. The number of nitrogens with zero attached hydrogens (tertiary/aromatic N) is 1. The third kappa shape index (κ3) is 2.02. The zero-order valence-corrected chi connectivity index (χ0v) is 9.71. The fraction of sp³-hybridized carbons (Fsp3) is 0.417. The van der Waals surface area contributed by atoms with E-state index in [1.807, 2.05) is 26.2 Å². The van der Waals surface area contributed by atoms with Crippen LogP contribution in [0.1, 0.15) is 12.0 Å². The van der Waals surface area contributed by atoms with Crippen LogP contribution in [0.2, 0.25) is 0 Å². The normalized spacial score (nSPS) is 14.9. The number of aryl methyl sites for hydroxylation is 1. The monoisotopic (exact) mass is 219 g/mol. The number of amides is 1. The van der Waals surface area contributed by atoms with Gasteiger partial charge in [0, 0.05) is 24.8 Å². The van der Waals surface area contributed by atoms with Crippen molar-refractivity contribution in [1.29, 1.82) is 0 Å². The molecule has 86 valence electrons. The minimum absolute atomic E-state index is 0.198. The molecular formula is C12H17N3O. The summed E-state index contributed by atoms with van der Waals surface area (Å²) in [6, 6.07) is 6.13. The lowest BCUT2D eigenvalue weighted by Gasteiger charge is -2.26. The highest BCUT2D eigenvalue weighted by Gasteiger charge is 2.20. The molecule has 1 aliphatic rings. The first-order valence-corrected chi connectivity index (χ1v) is 5.50. The molecule has 0 spiro atoms. The van der Waals surface area contributed by atoms with E-state index in [0.717, 1.165) is 24.5 Å². The fourth-order valence-electron chi connectivity index (χ4n) is 1.96. The summed E-state index contributed by atoms with van der Waals surface area (Å²) in [5.41, 5.74) is 3.37. The zero-order valence-electron chi connectivity index (χ0n) is 9.71. The first-order valence-electron chi connectivity index (χ1n) is 5.50. The highest BCUT2D eigenvalue weighted by molar-refractivity contribution is 5.96. The highest BCUT2D eigenvalue weighted by atomic mass is 16.2. The first kappa shape index (κ1) is 11.0. The Morgan fingerprint density at radius 3 is 2.94 bits per heavy atom. The summed E-state index contributed by atoms with van der Waals surface area (Å²) in [6.07, 6.45) is 1.45. The van der Waals surface area contributed by atoms with Gasteiger partial charge in [-0.15, -0.1) is 0 Å². The van der Waals surface area contributed by atoms with Gasteiger partial charge in [-0.3, -0.25) is 4.79 Å². The molecule has 2 rings (SSSR count). The topological polar surface area (TPSA) is 44.4 Å². The molecule has 4 nitrogen and oxygen atoms in total. The van der Waals surface area contributed by atoms with Crippen molar-refractivity contribution >= 4 is 17.3 Å². The van der Waals surface area contributed by atoms with E-state index in [1.54, 1.807) is 4.90 Å². The van der Waals surface area contributed by atoms with Crippen molar-refractivity contribution in [2.45, 2.75) is 12.8 Å². The van der Waals surface area contributed by atoms with Crippen LogP contribution in [0.25, 0.3) is 0 Å². The average Bonchev–Trinajstić information content (AvgIpc) is 2.31. The predicted octanol–water partition coefficient (Wildman–Crippen LogP) is 1.18. The Morgan fingerprint density at radius 2 is 2.19 bits per heavy atom. The van der Waals surface area contributed by atoms with E-state index in [-0.39, 0.29) is 5.91 Å². The first-order chi connectivity index (χ1) is 7.72. The van der Waals surface area contributed by atoms with E-state index in [9.17, 15) is 4.79 Å². The van der Waals surface area contributed by atoms with Crippen LogP contribution in [0.5, 0.6) is 0 Å². The molecule has 2 N–H and O–H groups in total. The van der Waals surface area contributed by atoms with Gasteiger partial charge in [0.2, 0.25) is 5.91 Å². The Labute approximate surface area is 95.6 Å². The van der Waals surface area contributed by atoms with Gasteiger partial charge < -0.3 is 15.5 Å². The molecule has 1 aromatic carbocycles. The van der Waals surface area contributed by atoms with Crippen LogP contribution in [-0.2, 0) is 11.2 Å². The summed E-state index contributed by atoms with van der Waals surface area (Å²) in [4.78, 5) is 13.3. The number of hydrogen-bond donors (Lipinski definition) is 2. The van der Waals surface area contributed by atoms with Crippen LogP contribution < -0.4 is 15.5 Å². The molecule has 0 atom stereocenters. The van der Waals surface area contributed by atoms with E-state index < -0.39 is 0 Å². The summed E-state index contributed by atoms with van der Waals surface area (Å²) >= 11 is 0. The standard InChI is InChI=1S/C12H17N3O/c1-13-8-14-10-4-5-11-9(7-10)3-6-12(16)15(11)2/h4-5,7,13-14H,3,6,8H2,1-2H3. The Kier molecular flexibility index (Phi) is 3.10. The van der Waals surface area contributed by atoms with Crippen molar-refractivity contribution in [2.75, 3.05) is 31.0 Å². The number of benzene rings is 1. The maximum absolute atomic E-state index is 11.5. The van der Waals surface area contributed by atoms with Crippen molar-refractivity contribution < 1.29 is 4.79 Å². The Hall–Kier alpha value is -1.55. The quantitative estimate of drug-likeness (QED) is 0.750. The van der Waals surface area contributed by atoms with Crippen LogP contribution in [0.15, 0.2) is 18.2 Å². The minimum atomic E-state index is 0.198. The minimum Gasteiger partial charge on any atom is -0.372 e. The lowest BCUT2D eigenvalue weighted by atomic mass is 10.0. The molecule has 0 aliphatic carbocycles. The van der Waals surface area contributed by atoms with E-state index in [1.165, 1.54) is 5.56 Å². The smallest absolute Gasteiger partial charge is 0.227 e. The summed E-state index contributed by atoms with van der Waals surface area (Å²) in [5, 5.41) is 6.29. The largest absolute Gasteiger partial charge is 0.372 e. The molecule has 0 saturated heterocycles. The maximum atomic E-state index is 11.5. The number of carbonyl (C=O) groups is 1. The molecular weight excluding hydrogens is 202 g/mol. The van der Waals surface area contributed by atoms with Crippen LogP contribution in [0.3, 0.4) is 0 Å². The van der Waals surface area contributed by atoms with Crippen LogP contribution in [-0.4, -0.2) is 26.7 Å². The molecule has 1 aromatic rings. The van der Waals surface area contributed by atoms with Crippen LogP contribution >= 0.6 is 0 Å². The van der Waals surface area contributed by atoms with Crippen molar-refractivity contribution in [3.63, 3.8) is 0 Å². The number of anilines is 2. The molecule has 1 aliphatic heterocycles. The highest BCUT2D eigenvalue weighted by Crippen LogP contribution is 2.28. The molecule has 0 fully saturated rings. The molecule has 16 heavy (non-hydrogen) atoms. The summed E-state index contributed by atoms with van der Waals surface area (Å²) in [5.74, 6) is 0.198. The van der Waals surface area contributed by atoms with Gasteiger partial charge in [0.15, 0.2) is 0 Å². The van der Waals surface area contributed by atoms with Crippen molar-refractivity contribution in [2.24, 2.45) is 0 Å². The van der Waals surface area contributed by atoms with Crippen LogP contribution in [0, 0.1) is 0 Å². The predicted molar refractivity (Wildman–Crippen MR) is 65.7 cm³/mol. The summed E-state index contributed by atoms with van der Waals surface area (Å²) in [6.45, 7) is 0.744. The second-order valence-corrected chi connectivity index (χ2v) is 4.00. The number of nitrogens with one attached hydrogen (secondary N) is 2. The third-order valence-corrected chi connectivity index (χ3v) is 2.89. The molecule has 0 radical (unpaired) electrons. The van der Waals surface area contributed by atoms with Gasteiger partial charge in [-0.1, -0.05) is 0 Å². The molecule has 0 unspecified atom stereocenters. The zero-order chi connectivity index (χ0) is 11.5. The second-order valence-electron chi connectivity index (χ2n) is 4.00. The van der Waals surface area contributed by atoms with Gasteiger partial charge in [-0.05, 0) is 37.2 Å². The molecule has 1 amide bonds. The Balaban J connectivity index is 2.23. The molecule has 4 heteroatoms. The van der Waals surface area contributed by atoms with Gasteiger partial charge in [-0.25, -0.2) is 0 Å². The van der Waals surface area contributed by atoms with Gasteiger partial charge >= 0.3 is 0 Å². The lowest BCUT2D eigenvalue weighted by molar-refractivity contribution is -0.118. The number of carbonyl (C=O) groups excluding carboxylic acids is 1. The number of rotatable bonds is 3. The number of fused-ring (bicyclic) bond motifs is 1. The molecule has 0 aromatic heterocycles. The SMILES string of the molecule is CNCNc1ccc2c(c1)CCC(=O)N2C. The van der Waals surface area contributed by atoms with E-state index >= 15 is 0 Å². The lowest BCUT2D eigenvalue weighted by Crippen LogP contribution is -2.31. The molecule has 1 heterocycles. The van der Waals surface area contributed by atoms with E-state index in [4.69, 9.17) is 0 Å². The van der Waals surface area contributed by atoms with Gasteiger partial charge in [0.05, 0.1) is 6.67 Å². The van der Waals surface area contributed by atoms with E-state index in [2.05, 4.69) is 16.7 Å². The van der Waals surface area contributed by atoms with Crippen molar-refractivity contribution in [3.8, 4) is 0 Å². The summed E-state index contributed by atoms with van der Waals surface area (Å²) in [7, 11) is 3.73. The number of hydrogen-bond acceptors (Lipinski definition) is 3. The van der Waals surface area contributed by atoms with Gasteiger partial charge in [-0.2, -0.15) is 0 Å². The van der Waals surface area contributed by atoms with Gasteiger partial charge in [0.25, 0.3) is 0 Å². The molecule has 0 bridgehead atoms. The fourth-order valence-corrected chi connectivity index (χ4v) is 1.96. The second kappa shape index (κ2) is 4.53. The summed E-state index contributed by atoms with van der Waals surface area (Å²) < 4.78 is 0. The Bertz CT molecular complexity index is 403. The van der Waals surface area contributed by atoms with Crippen LogP contribution in [0.4, 0.5) is 11.4 Å². The van der Waals surface area contributed by atoms with Gasteiger partial charge in [0.1, 0.15) is 0 Å². The molecule has 0 saturated carbocycles. The van der Waals surface area contributed by atoms with E-state index in [0.29, 0.717) is 6.42 Å². The third-order valence-electron chi connectivity index (χ3n) is 2.89. The Morgan fingerprint density at radius 1 is 1.38 bits per heavy atom. The van der Waals surface area contributed by atoms with Crippen molar-refractivity contribution in [3.05, 3.63) is 23.8 Å².